The van der Waals surface area contributed by atoms with Crippen LogP contribution in [-0.4, -0.2) is 30.6 Å². The zero-order valence-corrected chi connectivity index (χ0v) is 15.1. The molecule has 27 heavy (non-hydrogen) atoms. The molecule has 0 unspecified atom stereocenters. The highest BCUT2D eigenvalue weighted by atomic mass is 19.3. The molecule has 142 valence electrons. The summed E-state index contributed by atoms with van der Waals surface area (Å²) < 4.78 is 35.6. The highest BCUT2D eigenvalue weighted by molar-refractivity contribution is 5.55. The van der Waals surface area contributed by atoms with E-state index in [2.05, 4.69) is 15.2 Å². The largest absolute Gasteiger partial charge is 0.383 e. The fraction of sp³-hybridized carbons (Fsp3) is 0.421. The molecule has 2 aromatic heterocycles. The Morgan fingerprint density at radius 3 is 2.67 bits per heavy atom. The van der Waals surface area contributed by atoms with E-state index in [1.807, 2.05) is 42.8 Å². The summed E-state index contributed by atoms with van der Waals surface area (Å²) in [5, 5.41) is 18.1. The normalized spacial score (nSPS) is 16.3. The number of hydrogen-bond acceptors (Lipinski definition) is 5. The monoisotopic (exact) mass is 374 g/mol. The first-order valence-corrected chi connectivity index (χ1v) is 8.83. The number of hydrogen-bond donors (Lipinski definition) is 1. The van der Waals surface area contributed by atoms with E-state index >= 15 is 0 Å². The van der Waals surface area contributed by atoms with Crippen molar-refractivity contribution in [1.82, 2.24) is 19.9 Å². The molecule has 6 nitrogen and oxygen atoms in total. The van der Waals surface area contributed by atoms with Gasteiger partial charge in [0.15, 0.2) is 0 Å². The Morgan fingerprint density at radius 1 is 1.26 bits per heavy atom. The Bertz CT molecular complexity index is 976. The Hall–Kier alpha value is -2.61. The van der Waals surface area contributed by atoms with Crippen LogP contribution in [0.15, 0.2) is 34.9 Å². The number of aliphatic hydroxyl groups is 1. The summed E-state index contributed by atoms with van der Waals surface area (Å²) in [5.41, 5.74) is 1.39. The second-order valence-corrected chi connectivity index (χ2v) is 7.17. The smallest absolute Gasteiger partial charge is 0.352 e. The van der Waals surface area contributed by atoms with Gasteiger partial charge in [-0.25, -0.2) is 0 Å². The van der Waals surface area contributed by atoms with Crippen LogP contribution in [0.5, 0.6) is 0 Å². The lowest BCUT2D eigenvalue weighted by Gasteiger charge is -2.40. The first-order valence-electron chi connectivity index (χ1n) is 8.83. The van der Waals surface area contributed by atoms with Crippen molar-refractivity contribution in [3.8, 4) is 11.4 Å². The zero-order valence-electron chi connectivity index (χ0n) is 15.1. The third kappa shape index (κ3) is 3.03. The minimum absolute atomic E-state index is 0.0236. The van der Waals surface area contributed by atoms with Gasteiger partial charge in [0.25, 0.3) is 0 Å². The summed E-state index contributed by atoms with van der Waals surface area (Å²) in [6.07, 6.45) is 0.604. The van der Waals surface area contributed by atoms with Crippen LogP contribution in [0.4, 0.5) is 8.78 Å². The van der Waals surface area contributed by atoms with E-state index in [1.54, 1.807) is 6.07 Å². The van der Waals surface area contributed by atoms with E-state index in [0.29, 0.717) is 18.5 Å². The molecule has 0 radical (unpaired) electrons. The molecular formula is C19H20F2N4O2. The van der Waals surface area contributed by atoms with Gasteiger partial charge >= 0.3 is 11.8 Å². The van der Waals surface area contributed by atoms with Gasteiger partial charge in [-0.1, -0.05) is 23.4 Å². The molecule has 1 N–H and O–H groups in total. The van der Waals surface area contributed by atoms with Crippen molar-refractivity contribution >= 4 is 0 Å². The van der Waals surface area contributed by atoms with E-state index < -0.39 is 17.4 Å². The van der Waals surface area contributed by atoms with Crippen LogP contribution < -0.4 is 0 Å². The lowest BCUT2D eigenvalue weighted by Crippen LogP contribution is -2.51. The van der Waals surface area contributed by atoms with E-state index in [0.717, 1.165) is 17.0 Å². The number of rotatable bonds is 5. The third-order valence-corrected chi connectivity index (χ3v) is 5.08. The predicted octanol–water partition coefficient (Wildman–Crippen LogP) is 3.61. The van der Waals surface area contributed by atoms with Crippen molar-refractivity contribution in [2.45, 2.75) is 51.2 Å². The lowest BCUT2D eigenvalue weighted by atomic mass is 9.75. The molecule has 4 rings (SSSR count). The highest BCUT2D eigenvalue weighted by Gasteiger charge is 2.60. The summed E-state index contributed by atoms with van der Waals surface area (Å²) in [5.74, 6) is -4.33. The average molecular weight is 374 g/mol. The molecule has 1 aliphatic rings. The molecule has 0 saturated heterocycles. The van der Waals surface area contributed by atoms with Gasteiger partial charge in [-0.15, -0.1) is 0 Å². The van der Waals surface area contributed by atoms with Crippen LogP contribution in [0.25, 0.3) is 11.4 Å². The van der Waals surface area contributed by atoms with Gasteiger partial charge in [0.2, 0.25) is 5.82 Å². The summed E-state index contributed by atoms with van der Waals surface area (Å²) >= 11 is 0. The quantitative estimate of drug-likeness (QED) is 0.738. The van der Waals surface area contributed by atoms with Crippen LogP contribution in [0, 0.1) is 13.8 Å². The van der Waals surface area contributed by atoms with Crippen LogP contribution in [-0.2, 0) is 12.5 Å². The zero-order chi connectivity index (χ0) is 19.2. The number of halogens is 2. The third-order valence-electron chi connectivity index (χ3n) is 5.08. The number of benzene rings is 1. The Labute approximate surface area is 154 Å². The number of nitrogens with zero attached hydrogens (tertiary/aromatic N) is 4. The summed E-state index contributed by atoms with van der Waals surface area (Å²) in [6.45, 7) is 4.45. The van der Waals surface area contributed by atoms with Crippen molar-refractivity contribution in [3.05, 3.63) is 53.2 Å². The van der Waals surface area contributed by atoms with Gasteiger partial charge in [-0.3, -0.25) is 4.68 Å². The summed E-state index contributed by atoms with van der Waals surface area (Å²) in [6, 6.07) is 9.27. The van der Waals surface area contributed by atoms with Gasteiger partial charge in [-0.05, 0) is 50.8 Å². The molecule has 1 aliphatic carbocycles. The molecule has 8 heteroatoms. The Kier molecular flexibility index (Phi) is 4.10. The minimum atomic E-state index is -3.56. The van der Waals surface area contributed by atoms with E-state index in [9.17, 15) is 13.9 Å². The Morgan fingerprint density at radius 2 is 2.04 bits per heavy atom. The van der Waals surface area contributed by atoms with Crippen LogP contribution in [0.2, 0.25) is 0 Å². The van der Waals surface area contributed by atoms with Crippen LogP contribution in [0.3, 0.4) is 0 Å². The second kappa shape index (κ2) is 6.23. The van der Waals surface area contributed by atoms with Gasteiger partial charge in [0.1, 0.15) is 5.60 Å². The van der Waals surface area contributed by atoms with Gasteiger partial charge in [-0.2, -0.15) is 18.9 Å². The molecule has 2 heterocycles. The maximum atomic E-state index is 14.5. The fourth-order valence-corrected chi connectivity index (χ4v) is 3.31. The second-order valence-electron chi connectivity index (χ2n) is 7.17. The van der Waals surface area contributed by atoms with Gasteiger partial charge in [0, 0.05) is 11.3 Å². The lowest BCUT2D eigenvalue weighted by molar-refractivity contribution is -0.235. The van der Waals surface area contributed by atoms with E-state index in [1.165, 1.54) is 0 Å². The number of alkyl halides is 2. The average Bonchev–Trinajstić information content (AvgIpc) is 3.20. The maximum Gasteiger partial charge on any atom is 0.352 e. The summed E-state index contributed by atoms with van der Waals surface area (Å²) in [4.78, 5) is 3.86. The van der Waals surface area contributed by atoms with Crippen molar-refractivity contribution in [3.63, 3.8) is 0 Å². The predicted molar refractivity (Wildman–Crippen MR) is 93.2 cm³/mol. The molecule has 1 fully saturated rings. The molecular weight excluding hydrogens is 354 g/mol. The summed E-state index contributed by atoms with van der Waals surface area (Å²) in [7, 11) is 0. The molecule has 0 spiro atoms. The van der Waals surface area contributed by atoms with Crippen molar-refractivity contribution in [2.24, 2.45) is 0 Å². The highest BCUT2D eigenvalue weighted by Crippen LogP contribution is 2.49. The molecule has 0 bridgehead atoms. The molecule has 1 aromatic carbocycles. The molecule has 3 aromatic rings. The van der Waals surface area contributed by atoms with E-state index in [4.69, 9.17) is 4.52 Å². The topological polar surface area (TPSA) is 77.0 Å². The van der Waals surface area contributed by atoms with Crippen LogP contribution in [0.1, 0.15) is 42.1 Å². The Balaban J connectivity index is 1.59. The first-order chi connectivity index (χ1) is 12.8. The van der Waals surface area contributed by atoms with Crippen molar-refractivity contribution < 1.29 is 18.4 Å². The van der Waals surface area contributed by atoms with Crippen LogP contribution >= 0.6 is 0 Å². The maximum absolute atomic E-state index is 14.5. The van der Waals surface area contributed by atoms with Gasteiger partial charge < -0.3 is 9.63 Å². The van der Waals surface area contributed by atoms with Crippen molar-refractivity contribution in [1.29, 1.82) is 0 Å². The molecule has 0 aliphatic heterocycles. The fourth-order valence-electron chi connectivity index (χ4n) is 3.31. The molecule has 1 saturated carbocycles. The SMILES string of the molecule is Cc1cc(C)n(Cc2cccc(-c3noc(C(F)(F)C4(O)CCC4)n3)c2)n1. The molecule has 0 amide bonds. The first kappa shape index (κ1) is 17.8. The van der Waals surface area contributed by atoms with Crippen molar-refractivity contribution in [2.75, 3.05) is 0 Å². The van der Waals surface area contributed by atoms with E-state index in [-0.39, 0.29) is 18.7 Å². The minimum Gasteiger partial charge on any atom is -0.383 e. The number of aromatic nitrogens is 4. The van der Waals surface area contributed by atoms with Gasteiger partial charge in [0.05, 0.1) is 12.2 Å². The standard InChI is InChI=1S/C19H20F2N4O2/c1-12-9-13(2)25(23-12)11-14-5-3-6-15(10-14)16-22-17(27-24-16)19(20,21)18(26)7-4-8-18/h3,5-6,9-10,26H,4,7-8,11H2,1-2H3. The molecule has 0 atom stereocenters. The number of aryl methyl sites for hydroxylation is 2.